The minimum atomic E-state index is -3.50. The van der Waals surface area contributed by atoms with E-state index in [1.54, 1.807) is 18.2 Å². The zero-order chi connectivity index (χ0) is 13.3. The Hall–Kier alpha value is -0.850. The summed E-state index contributed by atoms with van der Waals surface area (Å²) in [7, 11) is -3.50. The summed E-state index contributed by atoms with van der Waals surface area (Å²) in [5.41, 5.74) is 7.14. The number of rotatable bonds is 2. The molecule has 98 valence electrons. The largest absolute Gasteiger partial charge is 0.398 e. The Morgan fingerprint density at radius 2 is 2.11 bits per heavy atom. The topological polar surface area (TPSA) is 63.4 Å². The molecule has 0 aliphatic carbocycles. The molecule has 0 spiro atoms. The molecule has 1 aromatic rings. The molecule has 0 atom stereocenters. The molecule has 0 unspecified atom stereocenters. The van der Waals surface area contributed by atoms with Crippen molar-refractivity contribution < 1.29 is 8.42 Å². The fourth-order valence-electron chi connectivity index (χ4n) is 1.98. The van der Waals surface area contributed by atoms with Crippen LogP contribution in [0.25, 0.3) is 0 Å². The van der Waals surface area contributed by atoms with Crippen LogP contribution in [0.3, 0.4) is 0 Å². The molecule has 0 amide bonds. The molecule has 2 rings (SSSR count). The van der Waals surface area contributed by atoms with Crippen molar-refractivity contribution in [1.82, 2.24) is 4.31 Å². The number of nitrogens with two attached hydrogens (primary N) is 1. The minimum absolute atomic E-state index is 0.181. The SMILES string of the molecule is CC1=CCCN(S(=O)(=O)c2ccc(Br)cc2N)C1. The predicted octanol–water partition coefficient (Wildman–Crippen LogP) is 2.37. The molecule has 0 saturated carbocycles. The third kappa shape index (κ3) is 2.60. The van der Waals surface area contributed by atoms with Crippen LogP contribution >= 0.6 is 15.9 Å². The van der Waals surface area contributed by atoms with Gasteiger partial charge in [0, 0.05) is 17.6 Å². The second-order valence-electron chi connectivity index (χ2n) is 4.36. The van der Waals surface area contributed by atoms with Crippen molar-refractivity contribution in [1.29, 1.82) is 0 Å². The Bertz CT molecular complexity index is 596. The second kappa shape index (κ2) is 5.03. The first-order chi connectivity index (χ1) is 8.41. The van der Waals surface area contributed by atoms with Gasteiger partial charge in [-0.3, -0.25) is 0 Å². The lowest BCUT2D eigenvalue weighted by Gasteiger charge is -2.26. The van der Waals surface area contributed by atoms with Gasteiger partial charge in [0.2, 0.25) is 10.0 Å². The number of nitrogen functional groups attached to an aromatic ring is 1. The molecule has 0 saturated heterocycles. The van der Waals surface area contributed by atoms with Crippen molar-refractivity contribution in [3.63, 3.8) is 0 Å². The summed E-state index contributed by atoms with van der Waals surface area (Å²) >= 11 is 3.27. The average Bonchev–Trinajstić information content (AvgIpc) is 2.28. The average molecular weight is 331 g/mol. The summed E-state index contributed by atoms with van der Waals surface area (Å²) in [6.07, 6.45) is 2.82. The molecular weight excluding hydrogens is 316 g/mol. The lowest BCUT2D eigenvalue weighted by molar-refractivity contribution is 0.428. The molecule has 4 nitrogen and oxygen atoms in total. The van der Waals surface area contributed by atoms with Crippen molar-refractivity contribution >= 4 is 31.6 Å². The Morgan fingerprint density at radius 3 is 2.72 bits per heavy atom. The van der Waals surface area contributed by atoms with E-state index in [1.165, 1.54) is 4.31 Å². The molecule has 1 aliphatic rings. The van der Waals surface area contributed by atoms with Gasteiger partial charge in [-0.25, -0.2) is 8.42 Å². The fraction of sp³-hybridized carbons (Fsp3) is 0.333. The summed E-state index contributed by atoms with van der Waals surface area (Å²) in [6, 6.07) is 4.85. The van der Waals surface area contributed by atoms with E-state index in [0.29, 0.717) is 13.1 Å². The van der Waals surface area contributed by atoms with Crippen LogP contribution in [0.2, 0.25) is 0 Å². The fourth-order valence-corrected chi connectivity index (χ4v) is 3.95. The van der Waals surface area contributed by atoms with Crippen molar-refractivity contribution in [2.75, 3.05) is 18.8 Å². The van der Waals surface area contributed by atoms with Crippen LogP contribution in [-0.2, 0) is 10.0 Å². The Kier molecular flexibility index (Phi) is 3.79. The van der Waals surface area contributed by atoms with Crippen LogP contribution < -0.4 is 5.73 Å². The molecule has 1 heterocycles. The van der Waals surface area contributed by atoms with Crippen molar-refractivity contribution in [2.45, 2.75) is 18.2 Å². The molecule has 18 heavy (non-hydrogen) atoms. The molecule has 0 fully saturated rings. The Morgan fingerprint density at radius 1 is 1.39 bits per heavy atom. The lowest BCUT2D eigenvalue weighted by atomic mass is 10.2. The third-order valence-corrected chi connectivity index (χ3v) is 5.30. The minimum Gasteiger partial charge on any atom is -0.398 e. The van der Waals surface area contributed by atoms with E-state index in [0.717, 1.165) is 16.5 Å². The highest BCUT2D eigenvalue weighted by Crippen LogP contribution is 2.27. The number of halogens is 1. The first-order valence-corrected chi connectivity index (χ1v) is 7.85. The number of anilines is 1. The standard InChI is InChI=1S/C12H15BrN2O2S/c1-9-3-2-6-15(8-9)18(16,17)12-5-4-10(13)7-11(12)14/h3-5,7H,2,6,8,14H2,1H3. The highest BCUT2D eigenvalue weighted by molar-refractivity contribution is 9.10. The molecule has 1 aliphatic heterocycles. The van der Waals surface area contributed by atoms with Gasteiger partial charge in [-0.05, 0) is 31.5 Å². The van der Waals surface area contributed by atoms with E-state index in [9.17, 15) is 8.42 Å². The van der Waals surface area contributed by atoms with Gasteiger partial charge in [-0.2, -0.15) is 4.31 Å². The lowest BCUT2D eigenvalue weighted by Crippen LogP contribution is -2.35. The van der Waals surface area contributed by atoms with Crippen LogP contribution in [0.5, 0.6) is 0 Å². The summed E-state index contributed by atoms with van der Waals surface area (Å²) < 4.78 is 27.2. The number of benzene rings is 1. The number of nitrogens with zero attached hydrogens (tertiary/aromatic N) is 1. The van der Waals surface area contributed by atoms with Crippen molar-refractivity contribution in [2.24, 2.45) is 0 Å². The van der Waals surface area contributed by atoms with Gasteiger partial charge in [0.1, 0.15) is 4.90 Å². The predicted molar refractivity (Wildman–Crippen MR) is 75.7 cm³/mol. The van der Waals surface area contributed by atoms with Crippen LogP contribution in [0.1, 0.15) is 13.3 Å². The number of sulfonamides is 1. The van der Waals surface area contributed by atoms with E-state index in [1.807, 2.05) is 6.92 Å². The van der Waals surface area contributed by atoms with Crippen LogP contribution in [0.15, 0.2) is 39.2 Å². The highest BCUT2D eigenvalue weighted by Gasteiger charge is 2.27. The summed E-state index contributed by atoms with van der Waals surface area (Å²) in [5, 5.41) is 0. The maximum atomic E-state index is 12.5. The van der Waals surface area contributed by atoms with Gasteiger partial charge in [0.05, 0.1) is 5.69 Å². The van der Waals surface area contributed by atoms with Crippen LogP contribution in [0, 0.1) is 0 Å². The zero-order valence-corrected chi connectivity index (χ0v) is 12.5. The zero-order valence-electron chi connectivity index (χ0n) is 10.1. The van der Waals surface area contributed by atoms with E-state index in [-0.39, 0.29) is 10.6 Å². The quantitative estimate of drug-likeness (QED) is 0.668. The van der Waals surface area contributed by atoms with Gasteiger partial charge >= 0.3 is 0 Å². The number of hydrogen-bond acceptors (Lipinski definition) is 3. The van der Waals surface area contributed by atoms with E-state index in [4.69, 9.17) is 5.73 Å². The smallest absolute Gasteiger partial charge is 0.245 e. The van der Waals surface area contributed by atoms with E-state index >= 15 is 0 Å². The van der Waals surface area contributed by atoms with Crippen molar-refractivity contribution in [3.8, 4) is 0 Å². The Balaban J connectivity index is 2.39. The molecule has 0 bridgehead atoms. The second-order valence-corrected chi connectivity index (χ2v) is 7.18. The Labute approximate surface area is 116 Å². The van der Waals surface area contributed by atoms with Gasteiger partial charge in [0.15, 0.2) is 0 Å². The monoisotopic (exact) mass is 330 g/mol. The van der Waals surface area contributed by atoms with Gasteiger partial charge in [-0.1, -0.05) is 27.6 Å². The first kappa shape index (κ1) is 13.6. The van der Waals surface area contributed by atoms with Gasteiger partial charge in [-0.15, -0.1) is 0 Å². The summed E-state index contributed by atoms with van der Waals surface area (Å²) in [6.45, 7) is 2.89. The maximum absolute atomic E-state index is 12.5. The highest BCUT2D eigenvalue weighted by atomic mass is 79.9. The van der Waals surface area contributed by atoms with Crippen LogP contribution in [-0.4, -0.2) is 25.8 Å². The molecule has 1 aromatic carbocycles. The first-order valence-electron chi connectivity index (χ1n) is 5.62. The summed E-state index contributed by atoms with van der Waals surface area (Å²) in [5.74, 6) is 0. The summed E-state index contributed by atoms with van der Waals surface area (Å²) in [4.78, 5) is 0.181. The number of hydrogen-bond donors (Lipinski definition) is 1. The van der Waals surface area contributed by atoms with E-state index in [2.05, 4.69) is 22.0 Å². The molecule has 0 radical (unpaired) electrons. The third-order valence-electron chi connectivity index (χ3n) is 2.89. The van der Waals surface area contributed by atoms with Crippen LogP contribution in [0.4, 0.5) is 5.69 Å². The van der Waals surface area contributed by atoms with E-state index < -0.39 is 10.0 Å². The van der Waals surface area contributed by atoms with Gasteiger partial charge in [0.25, 0.3) is 0 Å². The molecule has 6 heteroatoms. The van der Waals surface area contributed by atoms with Crippen molar-refractivity contribution in [3.05, 3.63) is 34.3 Å². The molecule has 0 aromatic heterocycles. The van der Waals surface area contributed by atoms with Gasteiger partial charge < -0.3 is 5.73 Å². The maximum Gasteiger partial charge on any atom is 0.245 e. The normalized spacial score (nSPS) is 17.6. The molecular formula is C12H15BrN2O2S. The molecule has 2 N–H and O–H groups in total.